The number of rotatable bonds is 3. The van der Waals surface area contributed by atoms with Gasteiger partial charge in [0.2, 0.25) is 0 Å². The summed E-state index contributed by atoms with van der Waals surface area (Å²) in [5.41, 5.74) is -0.455. The Balaban J connectivity index is 4.82. The number of hydrogen-bond acceptors (Lipinski definition) is 6. The summed E-state index contributed by atoms with van der Waals surface area (Å²) < 4.78 is 0. The van der Waals surface area contributed by atoms with E-state index in [-0.39, 0.29) is 11.0 Å². The molecule has 0 bridgehead atoms. The van der Waals surface area contributed by atoms with Gasteiger partial charge in [-0.05, 0) is 5.41 Å². The monoisotopic (exact) mass is 218 g/mol. The van der Waals surface area contributed by atoms with Crippen LogP contribution in [0.1, 0.15) is 27.2 Å². The molecule has 0 rings (SSSR count). The molecule has 0 aromatic rings. The molecule has 15 heavy (non-hydrogen) atoms. The zero-order valence-corrected chi connectivity index (χ0v) is 8.81. The van der Waals surface area contributed by atoms with Crippen molar-refractivity contribution in [3.05, 3.63) is 11.6 Å². The molecule has 0 radical (unpaired) electrons. The Morgan fingerprint density at radius 1 is 1.20 bits per heavy atom. The van der Waals surface area contributed by atoms with E-state index >= 15 is 0 Å². The minimum atomic E-state index is -1.05. The van der Waals surface area contributed by atoms with Crippen molar-refractivity contribution in [3.8, 4) is 0 Å². The molecular formula is C9H14O6. The van der Waals surface area contributed by atoms with Gasteiger partial charge in [0.25, 0.3) is 0 Å². The van der Waals surface area contributed by atoms with E-state index in [0.29, 0.717) is 0 Å². The summed E-state index contributed by atoms with van der Waals surface area (Å²) in [5, 5.41) is 16.2. The minimum absolute atomic E-state index is 0.0796. The first-order valence-corrected chi connectivity index (χ1v) is 4.22. The standard InChI is InChI=1S/C9H14O6/c1-9(2,3)5-6(8(11)15-13)4-7(10)14-12/h5,12-13H,4H2,1-3H3. The van der Waals surface area contributed by atoms with Crippen molar-refractivity contribution in [2.45, 2.75) is 27.2 Å². The fraction of sp³-hybridized carbons (Fsp3) is 0.556. The molecule has 0 atom stereocenters. The predicted octanol–water partition coefficient (Wildman–Crippen LogP) is 1.38. The molecule has 0 amide bonds. The van der Waals surface area contributed by atoms with Gasteiger partial charge in [-0.15, -0.1) is 0 Å². The van der Waals surface area contributed by atoms with E-state index in [2.05, 4.69) is 9.78 Å². The third-order valence-corrected chi connectivity index (χ3v) is 1.39. The van der Waals surface area contributed by atoms with Gasteiger partial charge in [0.05, 0.1) is 6.42 Å². The largest absolute Gasteiger partial charge is 0.369 e. The summed E-state index contributed by atoms with van der Waals surface area (Å²) in [5.74, 6) is -2.05. The zero-order chi connectivity index (χ0) is 12.1. The topological polar surface area (TPSA) is 93.1 Å². The smallest absolute Gasteiger partial charge is 0.301 e. The van der Waals surface area contributed by atoms with Gasteiger partial charge in [-0.25, -0.2) is 9.59 Å². The summed E-state index contributed by atoms with van der Waals surface area (Å²) in [6, 6.07) is 0. The average molecular weight is 218 g/mol. The van der Waals surface area contributed by atoms with E-state index in [4.69, 9.17) is 10.5 Å². The molecule has 0 aliphatic heterocycles. The molecule has 0 aliphatic rings. The Morgan fingerprint density at radius 2 is 1.73 bits per heavy atom. The van der Waals surface area contributed by atoms with E-state index in [1.807, 2.05) is 0 Å². The number of allylic oxidation sites excluding steroid dienone is 1. The van der Waals surface area contributed by atoms with Gasteiger partial charge in [-0.2, -0.15) is 10.5 Å². The van der Waals surface area contributed by atoms with E-state index in [1.165, 1.54) is 6.08 Å². The van der Waals surface area contributed by atoms with E-state index in [9.17, 15) is 9.59 Å². The van der Waals surface area contributed by atoms with E-state index < -0.39 is 18.4 Å². The molecule has 0 aromatic carbocycles. The highest BCUT2D eigenvalue weighted by Crippen LogP contribution is 2.20. The Labute approximate surface area is 87.0 Å². The molecule has 0 fully saturated rings. The summed E-state index contributed by atoms with van der Waals surface area (Å²) in [6.45, 7) is 5.38. The van der Waals surface area contributed by atoms with Crippen molar-refractivity contribution in [1.29, 1.82) is 0 Å². The van der Waals surface area contributed by atoms with Gasteiger partial charge in [0.1, 0.15) is 0 Å². The summed E-state index contributed by atoms with van der Waals surface area (Å²) in [6.07, 6.45) is 0.982. The molecule has 0 aromatic heterocycles. The first-order valence-electron chi connectivity index (χ1n) is 4.22. The molecule has 86 valence electrons. The van der Waals surface area contributed by atoms with Crippen LogP contribution < -0.4 is 0 Å². The van der Waals surface area contributed by atoms with Crippen LogP contribution >= 0.6 is 0 Å². The first-order chi connectivity index (χ1) is 6.80. The minimum Gasteiger partial charge on any atom is -0.301 e. The SMILES string of the molecule is CC(C)(C)C=C(CC(=O)OO)C(=O)OO. The molecule has 0 saturated carbocycles. The molecule has 0 saturated heterocycles. The Kier molecular flexibility index (Phi) is 4.96. The van der Waals surface area contributed by atoms with Crippen molar-refractivity contribution in [2.24, 2.45) is 5.41 Å². The third-order valence-electron chi connectivity index (χ3n) is 1.39. The van der Waals surface area contributed by atoms with Crippen LogP contribution in [0.3, 0.4) is 0 Å². The predicted molar refractivity (Wildman–Crippen MR) is 49.6 cm³/mol. The maximum atomic E-state index is 11.0. The van der Waals surface area contributed by atoms with Crippen molar-refractivity contribution in [1.82, 2.24) is 0 Å². The zero-order valence-electron chi connectivity index (χ0n) is 8.81. The molecule has 0 aliphatic carbocycles. The lowest BCUT2D eigenvalue weighted by Gasteiger charge is -2.13. The highest BCUT2D eigenvalue weighted by molar-refractivity contribution is 5.93. The van der Waals surface area contributed by atoms with Gasteiger partial charge < -0.3 is 4.89 Å². The van der Waals surface area contributed by atoms with Gasteiger partial charge >= 0.3 is 11.9 Å². The average Bonchev–Trinajstić information content (AvgIpc) is 2.13. The van der Waals surface area contributed by atoms with Crippen molar-refractivity contribution in [2.75, 3.05) is 0 Å². The van der Waals surface area contributed by atoms with Crippen LogP contribution in [0, 0.1) is 5.41 Å². The van der Waals surface area contributed by atoms with Crippen LogP contribution in [0.4, 0.5) is 0 Å². The molecule has 2 N–H and O–H groups in total. The van der Waals surface area contributed by atoms with E-state index in [0.717, 1.165) is 0 Å². The summed E-state index contributed by atoms with van der Waals surface area (Å²) in [7, 11) is 0. The fourth-order valence-corrected chi connectivity index (χ4v) is 0.951. The molecule has 0 unspecified atom stereocenters. The number of carbonyl (C=O) groups excluding carboxylic acids is 2. The van der Waals surface area contributed by atoms with Crippen LogP contribution in [0.25, 0.3) is 0 Å². The van der Waals surface area contributed by atoms with Gasteiger partial charge in [-0.1, -0.05) is 26.8 Å². The summed E-state index contributed by atoms with van der Waals surface area (Å²) in [4.78, 5) is 28.7. The van der Waals surface area contributed by atoms with Crippen LogP contribution in [0.2, 0.25) is 0 Å². The van der Waals surface area contributed by atoms with Gasteiger partial charge in [0.15, 0.2) is 0 Å². The summed E-state index contributed by atoms with van der Waals surface area (Å²) >= 11 is 0. The van der Waals surface area contributed by atoms with Crippen LogP contribution in [-0.4, -0.2) is 22.5 Å². The number of carbonyl (C=O) groups is 2. The highest BCUT2D eigenvalue weighted by Gasteiger charge is 2.20. The molecule has 6 heteroatoms. The van der Waals surface area contributed by atoms with Gasteiger partial charge in [-0.3, -0.25) is 4.89 Å². The lowest BCUT2D eigenvalue weighted by Crippen LogP contribution is -2.14. The second kappa shape index (κ2) is 5.47. The lowest BCUT2D eigenvalue weighted by molar-refractivity contribution is -0.236. The molecule has 0 spiro atoms. The molecular weight excluding hydrogens is 204 g/mol. The van der Waals surface area contributed by atoms with Gasteiger partial charge in [0, 0.05) is 5.57 Å². The first kappa shape index (κ1) is 13.6. The Morgan fingerprint density at radius 3 is 2.07 bits per heavy atom. The van der Waals surface area contributed by atoms with Crippen molar-refractivity contribution < 1.29 is 29.9 Å². The molecule has 6 nitrogen and oxygen atoms in total. The second-order valence-corrected chi connectivity index (χ2v) is 4.05. The Bertz CT molecular complexity index is 273. The third kappa shape index (κ3) is 5.82. The Hall–Kier alpha value is -1.40. The second-order valence-electron chi connectivity index (χ2n) is 4.05. The maximum Gasteiger partial charge on any atom is 0.369 e. The maximum absolute atomic E-state index is 11.0. The van der Waals surface area contributed by atoms with Crippen molar-refractivity contribution >= 4 is 11.9 Å². The lowest BCUT2D eigenvalue weighted by atomic mass is 9.92. The quantitative estimate of drug-likeness (QED) is 0.422. The highest BCUT2D eigenvalue weighted by atomic mass is 17.1. The normalized spacial score (nSPS) is 12.2. The molecule has 0 heterocycles. The van der Waals surface area contributed by atoms with Crippen LogP contribution in [0.5, 0.6) is 0 Å². The number of hydrogen-bond donors (Lipinski definition) is 2. The van der Waals surface area contributed by atoms with Crippen molar-refractivity contribution in [3.63, 3.8) is 0 Å². The fourth-order valence-electron chi connectivity index (χ4n) is 0.951. The van der Waals surface area contributed by atoms with Crippen LogP contribution in [0.15, 0.2) is 11.6 Å². The van der Waals surface area contributed by atoms with E-state index in [1.54, 1.807) is 20.8 Å². The van der Waals surface area contributed by atoms with Crippen LogP contribution in [-0.2, 0) is 19.4 Å².